The molecule has 74 valence electrons. The van der Waals surface area contributed by atoms with Gasteiger partial charge in [-0.3, -0.25) is 4.68 Å². The Bertz CT molecular complexity index is 422. The molecule has 4 nitrogen and oxygen atoms in total. The molecule has 0 bridgehead atoms. The van der Waals surface area contributed by atoms with Crippen LogP contribution in [0.25, 0.3) is 10.7 Å². The highest BCUT2D eigenvalue weighted by molar-refractivity contribution is 7.13. The average Bonchev–Trinajstić information content (AvgIpc) is 2.74. The molecule has 0 aliphatic rings. The summed E-state index contributed by atoms with van der Waals surface area (Å²) in [4.78, 5) is 4.40. The van der Waals surface area contributed by atoms with Gasteiger partial charge in [-0.1, -0.05) is 5.21 Å². The summed E-state index contributed by atoms with van der Waals surface area (Å²) in [7, 11) is 1.84. The Hall–Kier alpha value is -0.940. The van der Waals surface area contributed by atoms with Crippen LogP contribution < -0.4 is 0 Å². The first-order valence-corrected chi connectivity index (χ1v) is 5.58. The number of halogens is 1. The van der Waals surface area contributed by atoms with Crippen molar-refractivity contribution in [3.05, 3.63) is 17.3 Å². The lowest BCUT2D eigenvalue weighted by atomic mass is 10.4. The van der Waals surface area contributed by atoms with Crippen molar-refractivity contribution in [2.24, 2.45) is 7.05 Å². The summed E-state index contributed by atoms with van der Waals surface area (Å²) >= 11 is 7.20. The number of alkyl halides is 1. The molecule has 2 aromatic heterocycles. The number of aromatic nitrogens is 4. The minimum absolute atomic E-state index is 0.601. The van der Waals surface area contributed by atoms with Crippen molar-refractivity contribution in [1.82, 2.24) is 20.0 Å². The first-order valence-electron chi connectivity index (χ1n) is 4.16. The highest BCUT2D eigenvalue weighted by Gasteiger charge is 2.07. The fourth-order valence-corrected chi connectivity index (χ4v) is 2.08. The lowest BCUT2D eigenvalue weighted by Crippen LogP contribution is -1.85. The summed E-state index contributed by atoms with van der Waals surface area (Å²) < 4.78 is 1.66. The van der Waals surface area contributed by atoms with Gasteiger partial charge >= 0.3 is 0 Å². The van der Waals surface area contributed by atoms with Gasteiger partial charge < -0.3 is 0 Å². The largest absolute Gasteiger partial charge is 0.255 e. The molecule has 14 heavy (non-hydrogen) atoms. The fraction of sp³-hybridized carbons (Fsp3) is 0.375. The molecule has 0 fully saturated rings. The molecule has 0 amide bonds. The number of rotatable bonds is 3. The van der Waals surface area contributed by atoms with Crippen molar-refractivity contribution in [3.63, 3.8) is 0 Å². The van der Waals surface area contributed by atoms with Gasteiger partial charge in [-0.15, -0.1) is 28.0 Å². The summed E-state index contributed by atoms with van der Waals surface area (Å²) in [5.74, 6) is 0.601. The van der Waals surface area contributed by atoms with Gasteiger partial charge in [0, 0.05) is 24.7 Å². The van der Waals surface area contributed by atoms with Crippen molar-refractivity contribution < 1.29 is 0 Å². The van der Waals surface area contributed by atoms with Crippen LogP contribution >= 0.6 is 22.9 Å². The smallest absolute Gasteiger partial charge is 0.145 e. The Labute approximate surface area is 90.5 Å². The molecule has 0 N–H and O–H groups in total. The first kappa shape index (κ1) is 9.61. The topological polar surface area (TPSA) is 43.6 Å². The van der Waals surface area contributed by atoms with Crippen LogP contribution in [-0.2, 0) is 13.5 Å². The van der Waals surface area contributed by atoms with E-state index in [4.69, 9.17) is 11.6 Å². The molecule has 2 rings (SSSR count). The SMILES string of the molecule is Cn1cc(-c2nc(CCCl)cs2)nn1. The summed E-state index contributed by atoms with van der Waals surface area (Å²) in [6.45, 7) is 0. The molecule has 0 atom stereocenters. The van der Waals surface area contributed by atoms with Gasteiger partial charge in [-0.2, -0.15) is 0 Å². The Kier molecular flexibility index (Phi) is 2.79. The van der Waals surface area contributed by atoms with E-state index in [2.05, 4.69) is 15.3 Å². The van der Waals surface area contributed by atoms with Crippen LogP contribution in [0.4, 0.5) is 0 Å². The Morgan fingerprint density at radius 3 is 3.07 bits per heavy atom. The molecule has 0 unspecified atom stereocenters. The van der Waals surface area contributed by atoms with Crippen LogP contribution in [0.2, 0.25) is 0 Å². The molecule has 2 aromatic rings. The van der Waals surface area contributed by atoms with Crippen LogP contribution in [0.1, 0.15) is 5.69 Å². The number of thiazole rings is 1. The van der Waals surface area contributed by atoms with Crippen LogP contribution in [0, 0.1) is 0 Å². The summed E-state index contributed by atoms with van der Waals surface area (Å²) in [6, 6.07) is 0. The second kappa shape index (κ2) is 4.06. The lowest BCUT2D eigenvalue weighted by Gasteiger charge is -1.87. The van der Waals surface area contributed by atoms with Crippen molar-refractivity contribution in [2.45, 2.75) is 6.42 Å². The molecule has 0 saturated carbocycles. The third-order valence-corrected chi connectivity index (χ3v) is 2.83. The van der Waals surface area contributed by atoms with Gasteiger partial charge in [0.05, 0.1) is 11.9 Å². The van der Waals surface area contributed by atoms with E-state index in [-0.39, 0.29) is 0 Å². The van der Waals surface area contributed by atoms with Crippen LogP contribution in [0.15, 0.2) is 11.6 Å². The molecule has 0 spiro atoms. The van der Waals surface area contributed by atoms with Gasteiger partial charge in [-0.25, -0.2) is 4.98 Å². The molecule has 0 radical (unpaired) electrons. The third kappa shape index (κ3) is 1.93. The normalized spacial score (nSPS) is 10.7. The maximum absolute atomic E-state index is 5.63. The van der Waals surface area contributed by atoms with Gasteiger partial charge in [0.1, 0.15) is 10.7 Å². The number of aryl methyl sites for hydroxylation is 2. The van der Waals surface area contributed by atoms with E-state index in [1.165, 1.54) is 0 Å². The highest BCUT2D eigenvalue weighted by atomic mass is 35.5. The minimum Gasteiger partial charge on any atom is -0.255 e. The maximum Gasteiger partial charge on any atom is 0.145 e. The Morgan fingerprint density at radius 2 is 2.43 bits per heavy atom. The lowest BCUT2D eigenvalue weighted by molar-refractivity contribution is 0.715. The zero-order chi connectivity index (χ0) is 9.97. The number of hydrogen-bond donors (Lipinski definition) is 0. The zero-order valence-corrected chi connectivity index (χ0v) is 9.22. The standard InChI is InChI=1S/C8H9ClN4S/c1-13-4-7(11-12-13)8-10-6(2-3-9)5-14-8/h4-5H,2-3H2,1H3. The second-order valence-corrected chi connectivity index (χ2v) is 4.10. The summed E-state index contributed by atoms with van der Waals surface area (Å²) in [5, 5.41) is 10.8. The Morgan fingerprint density at radius 1 is 1.57 bits per heavy atom. The number of nitrogens with zero attached hydrogens (tertiary/aromatic N) is 4. The van der Waals surface area contributed by atoms with E-state index in [0.29, 0.717) is 5.88 Å². The quantitative estimate of drug-likeness (QED) is 0.752. The zero-order valence-electron chi connectivity index (χ0n) is 7.64. The molecule has 2 heterocycles. The molecule has 0 aliphatic heterocycles. The molecule has 0 aromatic carbocycles. The van der Waals surface area contributed by atoms with Crippen LogP contribution in [0.5, 0.6) is 0 Å². The highest BCUT2D eigenvalue weighted by Crippen LogP contribution is 2.21. The van der Waals surface area contributed by atoms with Crippen LogP contribution in [-0.4, -0.2) is 25.9 Å². The molecular weight excluding hydrogens is 220 g/mol. The van der Waals surface area contributed by atoms with Gasteiger partial charge in [0.15, 0.2) is 0 Å². The van der Waals surface area contributed by atoms with Crippen LogP contribution in [0.3, 0.4) is 0 Å². The van der Waals surface area contributed by atoms with E-state index >= 15 is 0 Å². The summed E-state index contributed by atoms with van der Waals surface area (Å²) in [5.41, 5.74) is 1.84. The Balaban J connectivity index is 2.24. The van der Waals surface area contributed by atoms with Crippen molar-refractivity contribution in [2.75, 3.05) is 5.88 Å². The molecule has 0 saturated heterocycles. The summed E-state index contributed by atoms with van der Waals surface area (Å²) in [6.07, 6.45) is 2.65. The predicted octanol–water partition coefficient (Wildman–Crippen LogP) is 1.72. The van der Waals surface area contributed by atoms with Crippen molar-refractivity contribution >= 4 is 22.9 Å². The van der Waals surface area contributed by atoms with E-state index in [1.54, 1.807) is 16.0 Å². The maximum atomic E-state index is 5.63. The average molecular weight is 229 g/mol. The van der Waals surface area contributed by atoms with Gasteiger partial charge in [-0.05, 0) is 0 Å². The monoisotopic (exact) mass is 228 g/mol. The first-order chi connectivity index (χ1) is 6.79. The number of hydrogen-bond acceptors (Lipinski definition) is 4. The van der Waals surface area contributed by atoms with E-state index in [1.807, 2.05) is 18.6 Å². The second-order valence-electron chi connectivity index (χ2n) is 2.86. The minimum atomic E-state index is 0.601. The fourth-order valence-electron chi connectivity index (χ4n) is 1.08. The van der Waals surface area contributed by atoms with E-state index < -0.39 is 0 Å². The van der Waals surface area contributed by atoms with E-state index in [9.17, 15) is 0 Å². The molecule has 6 heteroatoms. The predicted molar refractivity (Wildman–Crippen MR) is 56.5 cm³/mol. The molecule has 0 aliphatic carbocycles. The van der Waals surface area contributed by atoms with Gasteiger partial charge in [0.2, 0.25) is 0 Å². The third-order valence-electron chi connectivity index (χ3n) is 1.72. The van der Waals surface area contributed by atoms with Gasteiger partial charge in [0.25, 0.3) is 0 Å². The van der Waals surface area contributed by atoms with Crippen molar-refractivity contribution in [3.8, 4) is 10.7 Å². The van der Waals surface area contributed by atoms with E-state index in [0.717, 1.165) is 22.8 Å². The van der Waals surface area contributed by atoms with Crippen molar-refractivity contribution in [1.29, 1.82) is 0 Å². The molecular formula is C8H9ClN4S.